The number of amides is 2. The maximum absolute atomic E-state index is 12.1. The number of carbonyl (C=O) groups is 1. The van der Waals surface area contributed by atoms with Gasteiger partial charge in [0.1, 0.15) is 0 Å². The Bertz CT molecular complexity index is 444. The van der Waals surface area contributed by atoms with Gasteiger partial charge in [-0.2, -0.15) is 0 Å². The van der Waals surface area contributed by atoms with Crippen LogP contribution < -0.4 is 5.32 Å². The number of nitrogens with one attached hydrogen (secondary N) is 1. The highest BCUT2D eigenvalue weighted by atomic mass is 16.3. The Morgan fingerprint density at radius 2 is 1.95 bits per heavy atom. The van der Waals surface area contributed by atoms with Crippen molar-refractivity contribution in [2.24, 2.45) is 5.92 Å². The highest BCUT2D eigenvalue weighted by molar-refractivity contribution is 5.89. The van der Waals surface area contributed by atoms with Crippen molar-refractivity contribution in [2.45, 2.75) is 38.7 Å². The Morgan fingerprint density at radius 1 is 1.30 bits per heavy atom. The van der Waals surface area contributed by atoms with Crippen LogP contribution in [0.3, 0.4) is 0 Å². The maximum atomic E-state index is 12.1. The lowest BCUT2D eigenvalue weighted by Gasteiger charge is -2.31. The van der Waals surface area contributed by atoms with Crippen molar-refractivity contribution >= 4 is 11.7 Å². The second-order valence-corrected chi connectivity index (χ2v) is 5.79. The Labute approximate surface area is 120 Å². The molecule has 0 aromatic heterocycles. The molecule has 1 aromatic rings. The molecule has 1 aliphatic carbocycles. The number of hydrogen-bond donors (Lipinski definition) is 2. The summed E-state index contributed by atoms with van der Waals surface area (Å²) < 4.78 is 0. The third-order valence-electron chi connectivity index (χ3n) is 4.03. The van der Waals surface area contributed by atoms with E-state index >= 15 is 0 Å². The van der Waals surface area contributed by atoms with E-state index in [1.54, 1.807) is 11.9 Å². The van der Waals surface area contributed by atoms with Crippen molar-refractivity contribution in [3.05, 3.63) is 29.8 Å². The Hall–Kier alpha value is -1.55. The molecule has 1 aromatic carbocycles. The molecule has 4 heteroatoms. The standard InChI is InChI=1S/C16H24N2O2/c1-12-7-9-14(10-8-12)17-16(20)18(2)11-13-5-3-4-6-15(13)19/h7-10,13,15,19H,3-6,11H2,1-2H3,(H,17,20). The molecule has 0 saturated heterocycles. The molecule has 110 valence electrons. The number of rotatable bonds is 3. The summed E-state index contributed by atoms with van der Waals surface area (Å²) in [6.45, 7) is 2.63. The maximum Gasteiger partial charge on any atom is 0.321 e. The molecule has 2 N–H and O–H groups in total. The number of benzene rings is 1. The molecule has 1 saturated carbocycles. The van der Waals surface area contributed by atoms with Gasteiger partial charge in [-0.1, -0.05) is 30.5 Å². The molecule has 0 spiro atoms. The molecule has 4 nitrogen and oxygen atoms in total. The first kappa shape index (κ1) is 14.9. The predicted molar refractivity (Wildman–Crippen MR) is 80.8 cm³/mol. The number of nitrogens with zero attached hydrogens (tertiary/aromatic N) is 1. The molecule has 20 heavy (non-hydrogen) atoms. The van der Waals surface area contributed by atoms with E-state index in [4.69, 9.17) is 0 Å². The number of carbonyl (C=O) groups excluding carboxylic acids is 1. The molecule has 0 radical (unpaired) electrons. The van der Waals surface area contributed by atoms with Gasteiger partial charge in [0.15, 0.2) is 0 Å². The summed E-state index contributed by atoms with van der Waals surface area (Å²) >= 11 is 0. The number of hydrogen-bond acceptors (Lipinski definition) is 2. The number of anilines is 1. The van der Waals surface area contributed by atoms with E-state index in [2.05, 4.69) is 5.32 Å². The second kappa shape index (κ2) is 6.75. The number of aryl methyl sites for hydroxylation is 1. The van der Waals surface area contributed by atoms with Crippen LogP contribution in [-0.2, 0) is 0 Å². The van der Waals surface area contributed by atoms with Crippen molar-refractivity contribution < 1.29 is 9.90 Å². The lowest BCUT2D eigenvalue weighted by molar-refractivity contribution is 0.0575. The van der Waals surface area contributed by atoms with Crippen LogP contribution in [-0.4, -0.2) is 35.7 Å². The van der Waals surface area contributed by atoms with Gasteiger partial charge in [-0.25, -0.2) is 4.79 Å². The van der Waals surface area contributed by atoms with Crippen LogP contribution in [0.1, 0.15) is 31.2 Å². The largest absolute Gasteiger partial charge is 0.393 e. The van der Waals surface area contributed by atoms with Crippen LogP contribution in [0.25, 0.3) is 0 Å². The van der Waals surface area contributed by atoms with E-state index in [1.807, 2.05) is 31.2 Å². The van der Waals surface area contributed by atoms with Crippen LogP contribution in [0.2, 0.25) is 0 Å². The van der Waals surface area contributed by atoms with Gasteiger partial charge in [0.25, 0.3) is 0 Å². The SMILES string of the molecule is Cc1ccc(NC(=O)N(C)CC2CCCCC2O)cc1. The van der Waals surface area contributed by atoms with Crippen LogP contribution in [0.4, 0.5) is 10.5 Å². The molecule has 2 amide bonds. The molecule has 2 unspecified atom stereocenters. The summed E-state index contributed by atoms with van der Waals surface area (Å²) in [7, 11) is 1.78. The quantitative estimate of drug-likeness (QED) is 0.891. The first-order valence-electron chi connectivity index (χ1n) is 7.33. The predicted octanol–water partition coefficient (Wildman–Crippen LogP) is 3.01. The van der Waals surface area contributed by atoms with Crippen molar-refractivity contribution in [3.8, 4) is 0 Å². The van der Waals surface area contributed by atoms with Gasteiger partial charge >= 0.3 is 6.03 Å². The lowest BCUT2D eigenvalue weighted by Crippen LogP contribution is -2.40. The van der Waals surface area contributed by atoms with Gasteiger partial charge < -0.3 is 15.3 Å². The Balaban J connectivity index is 1.86. The monoisotopic (exact) mass is 276 g/mol. The lowest BCUT2D eigenvalue weighted by atomic mass is 9.86. The fraction of sp³-hybridized carbons (Fsp3) is 0.562. The highest BCUT2D eigenvalue weighted by Gasteiger charge is 2.25. The summed E-state index contributed by atoms with van der Waals surface area (Å²) in [6.07, 6.45) is 3.84. The minimum Gasteiger partial charge on any atom is -0.393 e. The van der Waals surface area contributed by atoms with E-state index in [1.165, 1.54) is 5.56 Å². The minimum absolute atomic E-state index is 0.119. The summed E-state index contributed by atoms with van der Waals surface area (Å²) in [4.78, 5) is 13.8. The fourth-order valence-corrected chi connectivity index (χ4v) is 2.69. The Morgan fingerprint density at radius 3 is 2.60 bits per heavy atom. The fourth-order valence-electron chi connectivity index (χ4n) is 2.69. The molecule has 1 aliphatic rings. The summed E-state index contributed by atoms with van der Waals surface area (Å²) in [6, 6.07) is 7.63. The van der Waals surface area contributed by atoms with Gasteiger partial charge in [-0.3, -0.25) is 0 Å². The third kappa shape index (κ3) is 3.97. The van der Waals surface area contributed by atoms with E-state index in [0.717, 1.165) is 31.4 Å². The van der Waals surface area contributed by atoms with E-state index < -0.39 is 0 Å². The Kier molecular flexibility index (Phi) is 5.01. The van der Waals surface area contributed by atoms with Crippen molar-refractivity contribution in [3.63, 3.8) is 0 Å². The van der Waals surface area contributed by atoms with E-state index in [0.29, 0.717) is 6.54 Å². The van der Waals surface area contributed by atoms with Gasteiger partial charge in [0.2, 0.25) is 0 Å². The zero-order valence-corrected chi connectivity index (χ0v) is 12.3. The zero-order valence-electron chi connectivity index (χ0n) is 12.3. The van der Waals surface area contributed by atoms with Crippen LogP contribution in [0.15, 0.2) is 24.3 Å². The molecule has 1 fully saturated rings. The van der Waals surface area contributed by atoms with Crippen LogP contribution in [0, 0.1) is 12.8 Å². The summed E-state index contributed by atoms with van der Waals surface area (Å²) in [5, 5.41) is 12.8. The molecule has 0 heterocycles. The van der Waals surface area contributed by atoms with Crippen LogP contribution >= 0.6 is 0 Å². The zero-order chi connectivity index (χ0) is 14.5. The molecule has 2 atom stereocenters. The first-order chi connectivity index (χ1) is 9.56. The number of aliphatic hydroxyl groups excluding tert-OH is 1. The van der Waals surface area contributed by atoms with Crippen molar-refractivity contribution in [1.29, 1.82) is 0 Å². The summed E-state index contributed by atoms with van der Waals surface area (Å²) in [5.41, 5.74) is 1.97. The van der Waals surface area contributed by atoms with Crippen LogP contribution in [0.5, 0.6) is 0 Å². The van der Waals surface area contributed by atoms with Gasteiger partial charge in [0, 0.05) is 25.2 Å². The summed E-state index contributed by atoms with van der Waals surface area (Å²) in [5.74, 6) is 0.206. The molecule has 0 aliphatic heterocycles. The van der Waals surface area contributed by atoms with Gasteiger partial charge in [0.05, 0.1) is 6.10 Å². The second-order valence-electron chi connectivity index (χ2n) is 5.79. The average molecular weight is 276 g/mol. The first-order valence-corrected chi connectivity index (χ1v) is 7.33. The van der Waals surface area contributed by atoms with Gasteiger partial charge in [-0.15, -0.1) is 0 Å². The third-order valence-corrected chi connectivity index (χ3v) is 4.03. The number of aliphatic hydroxyl groups is 1. The average Bonchev–Trinajstić information content (AvgIpc) is 2.44. The topological polar surface area (TPSA) is 52.6 Å². The molecular formula is C16H24N2O2. The highest BCUT2D eigenvalue weighted by Crippen LogP contribution is 2.25. The van der Waals surface area contributed by atoms with Crippen molar-refractivity contribution in [1.82, 2.24) is 4.90 Å². The molecular weight excluding hydrogens is 252 g/mol. The minimum atomic E-state index is -0.265. The van der Waals surface area contributed by atoms with Gasteiger partial charge in [-0.05, 0) is 31.9 Å². The normalized spacial score (nSPS) is 22.4. The van der Waals surface area contributed by atoms with Crippen molar-refractivity contribution in [2.75, 3.05) is 18.9 Å². The number of urea groups is 1. The molecule has 0 bridgehead atoms. The molecule has 2 rings (SSSR count). The smallest absolute Gasteiger partial charge is 0.321 e. The van der Waals surface area contributed by atoms with E-state index in [9.17, 15) is 9.90 Å². The van der Waals surface area contributed by atoms with E-state index in [-0.39, 0.29) is 18.1 Å².